The largest absolute Gasteiger partial charge is 0.383 e. The van der Waals surface area contributed by atoms with Gasteiger partial charge in [-0.05, 0) is 5.92 Å². The molecular formula is C11H19N5O2. The first-order chi connectivity index (χ1) is 8.52. The third kappa shape index (κ3) is 4.17. The van der Waals surface area contributed by atoms with Crippen LogP contribution in [0.25, 0.3) is 0 Å². The number of anilines is 2. The van der Waals surface area contributed by atoms with Gasteiger partial charge in [0.05, 0.1) is 6.61 Å². The van der Waals surface area contributed by atoms with Crippen LogP contribution in [0.15, 0.2) is 6.33 Å². The molecule has 0 aliphatic rings. The highest BCUT2D eigenvalue weighted by atomic mass is 16.5. The number of rotatable bonds is 7. The molecule has 0 aromatic carbocycles. The van der Waals surface area contributed by atoms with Crippen molar-refractivity contribution >= 4 is 17.5 Å². The lowest BCUT2D eigenvalue weighted by molar-refractivity contribution is -0.122. The third-order valence-electron chi connectivity index (χ3n) is 2.28. The zero-order valence-electron chi connectivity index (χ0n) is 10.6. The topological polar surface area (TPSA) is 116 Å². The van der Waals surface area contributed by atoms with Gasteiger partial charge in [0.1, 0.15) is 24.6 Å². The van der Waals surface area contributed by atoms with Crippen molar-refractivity contribution in [3.63, 3.8) is 0 Å². The Kier molecular flexibility index (Phi) is 5.31. The minimum atomic E-state index is -0.482. The number of carbonyl (C=O) groups is 1. The Morgan fingerprint density at radius 1 is 1.50 bits per heavy atom. The molecule has 0 bridgehead atoms. The quantitative estimate of drug-likeness (QED) is 0.593. The number of hydrogen-bond acceptors (Lipinski definition) is 6. The van der Waals surface area contributed by atoms with Gasteiger partial charge in [-0.3, -0.25) is 4.79 Å². The van der Waals surface area contributed by atoms with Crippen LogP contribution in [0.4, 0.5) is 11.6 Å². The van der Waals surface area contributed by atoms with Gasteiger partial charge in [0, 0.05) is 12.1 Å². The minimum Gasteiger partial charge on any atom is -0.383 e. The molecule has 1 rings (SSSR count). The molecule has 0 aliphatic heterocycles. The average molecular weight is 253 g/mol. The SMILES string of the molecule is CC(C)c1c(N)ncnc1NCCOCC(N)=O. The van der Waals surface area contributed by atoms with Crippen LogP contribution in [0.1, 0.15) is 25.3 Å². The van der Waals surface area contributed by atoms with Crippen LogP contribution in [-0.2, 0) is 9.53 Å². The molecule has 0 saturated heterocycles. The minimum absolute atomic E-state index is 0.0787. The molecule has 1 aromatic rings. The predicted octanol–water partition coefficient (Wildman–Crippen LogP) is 0.0960. The van der Waals surface area contributed by atoms with Gasteiger partial charge in [0.15, 0.2) is 0 Å². The van der Waals surface area contributed by atoms with Crippen LogP contribution in [0, 0.1) is 0 Å². The Labute approximate surface area is 106 Å². The van der Waals surface area contributed by atoms with E-state index < -0.39 is 5.91 Å². The Balaban J connectivity index is 2.52. The fourth-order valence-electron chi connectivity index (χ4n) is 1.53. The molecule has 1 aromatic heterocycles. The number of nitrogens with one attached hydrogen (secondary N) is 1. The summed E-state index contributed by atoms with van der Waals surface area (Å²) in [6.07, 6.45) is 1.41. The van der Waals surface area contributed by atoms with Crippen molar-refractivity contribution in [3.8, 4) is 0 Å². The number of nitrogens with zero attached hydrogens (tertiary/aromatic N) is 2. The zero-order valence-corrected chi connectivity index (χ0v) is 10.6. The first-order valence-electron chi connectivity index (χ1n) is 5.72. The molecule has 0 aliphatic carbocycles. The van der Waals surface area contributed by atoms with E-state index in [2.05, 4.69) is 15.3 Å². The Hall–Kier alpha value is -1.89. The van der Waals surface area contributed by atoms with Gasteiger partial charge >= 0.3 is 0 Å². The molecule has 0 saturated carbocycles. The fourth-order valence-corrected chi connectivity index (χ4v) is 1.53. The normalized spacial score (nSPS) is 10.6. The highest BCUT2D eigenvalue weighted by molar-refractivity contribution is 5.74. The molecule has 0 fully saturated rings. The van der Waals surface area contributed by atoms with Crippen LogP contribution in [-0.4, -0.2) is 35.6 Å². The lowest BCUT2D eigenvalue weighted by Gasteiger charge is -2.14. The first-order valence-corrected chi connectivity index (χ1v) is 5.72. The van der Waals surface area contributed by atoms with E-state index in [4.69, 9.17) is 16.2 Å². The molecule has 5 N–H and O–H groups in total. The van der Waals surface area contributed by atoms with E-state index in [9.17, 15) is 4.79 Å². The number of aromatic nitrogens is 2. The molecular weight excluding hydrogens is 234 g/mol. The van der Waals surface area contributed by atoms with Gasteiger partial charge in [0.2, 0.25) is 5.91 Å². The van der Waals surface area contributed by atoms with Gasteiger partial charge in [-0.15, -0.1) is 0 Å². The summed E-state index contributed by atoms with van der Waals surface area (Å²) >= 11 is 0. The van der Waals surface area contributed by atoms with Gasteiger partial charge < -0.3 is 21.5 Å². The van der Waals surface area contributed by atoms with Crippen molar-refractivity contribution in [2.45, 2.75) is 19.8 Å². The molecule has 0 atom stereocenters. The van der Waals surface area contributed by atoms with Crippen LogP contribution >= 0.6 is 0 Å². The lowest BCUT2D eigenvalue weighted by atomic mass is 10.0. The first kappa shape index (κ1) is 14.2. The van der Waals surface area contributed by atoms with E-state index in [0.29, 0.717) is 24.8 Å². The monoisotopic (exact) mass is 253 g/mol. The maximum atomic E-state index is 10.5. The summed E-state index contributed by atoms with van der Waals surface area (Å²) in [6, 6.07) is 0. The summed E-state index contributed by atoms with van der Waals surface area (Å²) in [5.74, 6) is 0.908. The molecule has 0 unspecified atom stereocenters. The van der Waals surface area contributed by atoms with E-state index >= 15 is 0 Å². The number of amides is 1. The van der Waals surface area contributed by atoms with Crippen LogP contribution in [0.2, 0.25) is 0 Å². The summed E-state index contributed by atoms with van der Waals surface area (Å²) in [7, 11) is 0. The van der Waals surface area contributed by atoms with Crippen molar-refractivity contribution in [1.29, 1.82) is 0 Å². The van der Waals surface area contributed by atoms with Crippen molar-refractivity contribution < 1.29 is 9.53 Å². The molecule has 18 heavy (non-hydrogen) atoms. The predicted molar refractivity (Wildman–Crippen MR) is 69.0 cm³/mol. The van der Waals surface area contributed by atoms with E-state index in [1.54, 1.807) is 0 Å². The molecule has 1 heterocycles. The fraction of sp³-hybridized carbons (Fsp3) is 0.545. The van der Waals surface area contributed by atoms with Crippen molar-refractivity contribution in [1.82, 2.24) is 9.97 Å². The number of nitrogen functional groups attached to an aromatic ring is 1. The summed E-state index contributed by atoms with van der Waals surface area (Å²) < 4.78 is 5.04. The average Bonchev–Trinajstić information content (AvgIpc) is 2.27. The second kappa shape index (κ2) is 6.75. The summed E-state index contributed by atoms with van der Waals surface area (Å²) in [6.45, 7) is 4.84. The van der Waals surface area contributed by atoms with Crippen molar-refractivity contribution in [2.75, 3.05) is 30.8 Å². The van der Waals surface area contributed by atoms with E-state index in [1.807, 2.05) is 13.8 Å². The maximum absolute atomic E-state index is 10.5. The van der Waals surface area contributed by atoms with Crippen LogP contribution in [0.5, 0.6) is 0 Å². The Bertz CT molecular complexity index is 408. The second-order valence-electron chi connectivity index (χ2n) is 4.12. The molecule has 100 valence electrons. The maximum Gasteiger partial charge on any atom is 0.243 e. The number of ether oxygens (including phenoxy) is 1. The van der Waals surface area contributed by atoms with E-state index in [0.717, 1.165) is 5.56 Å². The standard InChI is InChI=1S/C11H19N5O2/c1-7(2)9-10(13)15-6-16-11(9)14-3-4-18-5-8(12)17/h6-7H,3-5H2,1-2H3,(H2,12,17)(H3,13,14,15,16). The van der Waals surface area contributed by atoms with Crippen LogP contribution < -0.4 is 16.8 Å². The number of hydrogen-bond donors (Lipinski definition) is 3. The second-order valence-corrected chi connectivity index (χ2v) is 4.12. The van der Waals surface area contributed by atoms with Crippen LogP contribution in [0.3, 0.4) is 0 Å². The summed E-state index contributed by atoms with van der Waals surface area (Å²) in [4.78, 5) is 18.6. The van der Waals surface area contributed by atoms with Gasteiger partial charge in [-0.2, -0.15) is 0 Å². The molecule has 7 nitrogen and oxygen atoms in total. The van der Waals surface area contributed by atoms with Gasteiger partial charge in [-0.1, -0.05) is 13.8 Å². The number of primary amides is 1. The molecule has 1 amide bonds. The van der Waals surface area contributed by atoms with Crippen molar-refractivity contribution in [2.24, 2.45) is 5.73 Å². The summed E-state index contributed by atoms with van der Waals surface area (Å²) in [5, 5.41) is 3.10. The van der Waals surface area contributed by atoms with E-state index in [1.165, 1.54) is 6.33 Å². The Morgan fingerprint density at radius 3 is 2.83 bits per heavy atom. The molecule has 0 spiro atoms. The van der Waals surface area contributed by atoms with Crippen molar-refractivity contribution in [3.05, 3.63) is 11.9 Å². The molecule has 0 radical (unpaired) electrons. The number of carbonyl (C=O) groups excluding carboxylic acids is 1. The third-order valence-corrected chi connectivity index (χ3v) is 2.28. The zero-order chi connectivity index (χ0) is 13.5. The van der Waals surface area contributed by atoms with Gasteiger partial charge in [0.25, 0.3) is 0 Å². The summed E-state index contributed by atoms with van der Waals surface area (Å²) in [5.41, 5.74) is 11.6. The molecule has 7 heteroatoms. The smallest absolute Gasteiger partial charge is 0.243 e. The Morgan fingerprint density at radius 2 is 2.22 bits per heavy atom. The lowest BCUT2D eigenvalue weighted by Crippen LogP contribution is -2.21. The van der Waals surface area contributed by atoms with Gasteiger partial charge in [-0.25, -0.2) is 9.97 Å². The highest BCUT2D eigenvalue weighted by Gasteiger charge is 2.12. The number of nitrogens with two attached hydrogens (primary N) is 2. The van der Waals surface area contributed by atoms with E-state index in [-0.39, 0.29) is 12.5 Å². The highest BCUT2D eigenvalue weighted by Crippen LogP contribution is 2.25.